The van der Waals surface area contributed by atoms with Gasteiger partial charge in [-0.2, -0.15) is 0 Å². The molecule has 0 spiro atoms. The highest BCUT2D eigenvalue weighted by Gasteiger charge is 2.18. The van der Waals surface area contributed by atoms with Crippen LogP contribution in [0.3, 0.4) is 0 Å². The largest absolute Gasteiger partial charge is 0.379 e. The molecule has 2 fully saturated rings. The number of hydrogen-bond acceptors (Lipinski definition) is 4. The summed E-state index contributed by atoms with van der Waals surface area (Å²) in [5.41, 5.74) is 2.78. The Labute approximate surface area is 128 Å². The lowest BCUT2D eigenvalue weighted by Gasteiger charge is -2.33. The molecule has 4 heteroatoms. The quantitative estimate of drug-likeness (QED) is 0.913. The van der Waals surface area contributed by atoms with E-state index in [0.29, 0.717) is 6.04 Å². The minimum absolute atomic E-state index is 0.696. The fraction of sp³-hybridized carbons (Fsp3) is 0.647. The van der Waals surface area contributed by atoms with Gasteiger partial charge in [0.25, 0.3) is 0 Å². The Morgan fingerprint density at radius 3 is 2.33 bits per heavy atom. The average Bonchev–Trinajstić information content (AvgIpc) is 2.57. The van der Waals surface area contributed by atoms with Gasteiger partial charge in [-0.1, -0.05) is 12.1 Å². The number of hydrogen-bond donors (Lipinski definition) is 1. The molecule has 21 heavy (non-hydrogen) atoms. The van der Waals surface area contributed by atoms with Crippen molar-refractivity contribution in [3.05, 3.63) is 29.8 Å². The van der Waals surface area contributed by atoms with Crippen molar-refractivity contribution >= 4 is 5.69 Å². The molecule has 0 atom stereocenters. The Morgan fingerprint density at radius 2 is 1.71 bits per heavy atom. The fourth-order valence-corrected chi connectivity index (χ4v) is 3.26. The van der Waals surface area contributed by atoms with Crippen LogP contribution >= 0.6 is 0 Å². The van der Waals surface area contributed by atoms with Gasteiger partial charge < -0.3 is 15.0 Å². The highest BCUT2D eigenvalue weighted by atomic mass is 16.5. The summed E-state index contributed by atoms with van der Waals surface area (Å²) in [6.45, 7) is 7.23. The maximum Gasteiger partial charge on any atom is 0.0594 e. The molecule has 1 aromatic rings. The highest BCUT2D eigenvalue weighted by Crippen LogP contribution is 2.21. The molecule has 2 saturated heterocycles. The summed E-state index contributed by atoms with van der Waals surface area (Å²) >= 11 is 0. The van der Waals surface area contributed by atoms with Crippen molar-refractivity contribution in [1.82, 2.24) is 10.2 Å². The van der Waals surface area contributed by atoms with Gasteiger partial charge in [0.05, 0.1) is 13.2 Å². The topological polar surface area (TPSA) is 27.7 Å². The smallest absolute Gasteiger partial charge is 0.0594 e. The fourth-order valence-electron chi connectivity index (χ4n) is 3.26. The molecule has 0 saturated carbocycles. The average molecular weight is 289 g/mol. The van der Waals surface area contributed by atoms with E-state index in [9.17, 15) is 0 Å². The van der Waals surface area contributed by atoms with Crippen LogP contribution in [0.2, 0.25) is 0 Å². The molecule has 0 unspecified atom stereocenters. The maximum atomic E-state index is 5.40. The third-order valence-electron chi connectivity index (χ3n) is 4.71. The van der Waals surface area contributed by atoms with E-state index in [0.717, 1.165) is 45.9 Å². The molecule has 1 aromatic carbocycles. The molecule has 2 heterocycles. The van der Waals surface area contributed by atoms with Gasteiger partial charge in [-0.15, -0.1) is 0 Å². The first-order chi connectivity index (χ1) is 10.3. The molecule has 3 rings (SSSR count). The van der Waals surface area contributed by atoms with Crippen LogP contribution < -0.4 is 10.2 Å². The third-order valence-corrected chi connectivity index (χ3v) is 4.71. The van der Waals surface area contributed by atoms with Crippen molar-refractivity contribution in [1.29, 1.82) is 0 Å². The van der Waals surface area contributed by atoms with Crippen molar-refractivity contribution in [2.24, 2.45) is 0 Å². The van der Waals surface area contributed by atoms with Gasteiger partial charge in [0, 0.05) is 44.5 Å². The number of nitrogens with one attached hydrogen (secondary N) is 1. The van der Waals surface area contributed by atoms with Gasteiger partial charge in [-0.25, -0.2) is 0 Å². The lowest BCUT2D eigenvalue weighted by Crippen LogP contribution is -2.41. The van der Waals surface area contributed by atoms with Gasteiger partial charge in [0.15, 0.2) is 0 Å². The van der Waals surface area contributed by atoms with Gasteiger partial charge >= 0.3 is 0 Å². The second-order valence-electron chi connectivity index (χ2n) is 6.10. The van der Waals surface area contributed by atoms with Crippen LogP contribution in [-0.4, -0.2) is 57.4 Å². The Bertz CT molecular complexity index is 420. The predicted octanol–water partition coefficient (Wildman–Crippen LogP) is 1.71. The summed E-state index contributed by atoms with van der Waals surface area (Å²) in [4.78, 5) is 4.98. The van der Waals surface area contributed by atoms with Gasteiger partial charge in [-0.3, -0.25) is 4.90 Å². The van der Waals surface area contributed by atoms with E-state index in [-0.39, 0.29) is 0 Å². The van der Waals surface area contributed by atoms with Crippen molar-refractivity contribution in [2.45, 2.75) is 25.4 Å². The van der Waals surface area contributed by atoms with Gasteiger partial charge in [0.1, 0.15) is 0 Å². The number of anilines is 1. The highest BCUT2D eigenvalue weighted by molar-refractivity contribution is 5.48. The molecule has 0 radical (unpaired) electrons. The molecule has 0 amide bonds. The van der Waals surface area contributed by atoms with Crippen molar-refractivity contribution in [3.63, 3.8) is 0 Å². The van der Waals surface area contributed by atoms with Crippen LogP contribution in [0.1, 0.15) is 18.4 Å². The van der Waals surface area contributed by atoms with E-state index >= 15 is 0 Å². The molecule has 1 N–H and O–H groups in total. The predicted molar refractivity (Wildman–Crippen MR) is 86.8 cm³/mol. The molecule has 116 valence electrons. The minimum Gasteiger partial charge on any atom is -0.379 e. The summed E-state index contributed by atoms with van der Waals surface area (Å²) in [5, 5.41) is 3.39. The van der Waals surface area contributed by atoms with Crippen LogP contribution in [0.25, 0.3) is 0 Å². The Kier molecular flexibility index (Phi) is 5.12. The minimum atomic E-state index is 0.696. The lowest BCUT2D eigenvalue weighted by atomic mass is 10.0. The summed E-state index contributed by atoms with van der Waals surface area (Å²) in [5.74, 6) is 0. The Morgan fingerprint density at radius 1 is 1.05 bits per heavy atom. The lowest BCUT2D eigenvalue weighted by molar-refractivity contribution is 0.0342. The van der Waals surface area contributed by atoms with Crippen LogP contribution in [-0.2, 0) is 11.3 Å². The molecular weight excluding hydrogens is 262 g/mol. The SMILES string of the molecule is CNC1CCN(c2ccc(CN3CCOCC3)cc2)CC1. The Balaban J connectivity index is 1.54. The molecule has 0 aromatic heterocycles. The number of benzene rings is 1. The number of piperidine rings is 1. The first-order valence-electron chi connectivity index (χ1n) is 8.16. The first-order valence-corrected chi connectivity index (χ1v) is 8.16. The van der Waals surface area contributed by atoms with Crippen LogP contribution in [0.5, 0.6) is 0 Å². The molecule has 2 aliphatic heterocycles. The van der Waals surface area contributed by atoms with E-state index in [1.165, 1.54) is 24.1 Å². The zero-order valence-electron chi connectivity index (χ0n) is 13.1. The van der Waals surface area contributed by atoms with E-state index in [1.807, 2.05) is 0 Å². The zero-order chi connectivity index (χ0) is 14.5. The number of morpholine rings is 1. The summed E-state index contributed by atoms with van der Waals surface area (Å²) in [6, 6.07) is 9.84. The van der Waals surface area contributed by atoms with Crippen molar-refractivity contribution < 1.29 is 4.74 Å². The summed E-state index contributed by atoms with van der Waals surface area (Å²) in [6.07, 6.45) is 2.48. The first kappa shape index (κ1) is 14.8. The molecule has 4 nitrogen and oxygen atoms in total. The number of nitrogens with zero attached hydrogens (tertiary/aromatic N) is 2. The summed E-state index contributed by atoms with van der Waals surface area (Å²) < 4.78 is 5.40. The molecule has 0 aliphatic carbocycles. The maximum absolute atomic E-state index is 5.40. The van der Waals surface area contributed by atoms with E-state index in [2.05, 4.69) is 46.4 Å². The van der Waals surface area contributed by atoms with E-state index in [4.69, 9.17) is 4.74 Å². The van der Waals surface area contributed by atoms with Gasteiger partial charge in [-0.05, 0) is 37.6 Å². The van der Waals surface area contributed by atoms with Gasteiger partial charge in [0.2, 0.25) is 0 Å². The van der Waals surface area contributed by atoms with Crippen molar-refractivity contribution in [3.8, 4) is 0 Å². The van der Waals surface area contributed by atoms with E-state index < -0.39 is 0 Å². The second-order valence-corrected chi connectivity index (χ2v) is 6.10. The zero-order valence-corrected chi connectivity index (χ0v) is 13.1. The van der Waals surface area contributed by atoms with Crippen LogP contribution in [0, 0.1) is 0 Å². The van der Waals surface area contributed by atoms with Crippen molar-refractivity contribution in [2.75, 3.05) is 51.3 Å². The molecule has 0 bridgehead atoms. The second kappa shape index (κ2) is 7.25. The summed E-state index contributed by atoms with van der Waals surface area (Å²) in [7, 11) is 2.07. The number of rotatable bonds is 4. The van der Waals surface area contributed by atoms with E-state index in [1.54, 1.807) is 0 Å². The molecular formula is C17H27N3O. The third kappa shape index (κ3) is 3.96. The monoisotopic (exact) mass is 289 g/mol. The standard InChI is InChI=1S/C17H27N3O/c1-18-16-6-8-20(9-7-16)17-4-2-15(3-5-17)14-19-10-12-21-13-11-19/h2-5,16,18H,6-14H2,1H3. The number of ether oxygens (including phenoxy) is 1. The van der Waals surface area contributed by atoms with Crippen LogP contribution in [0.15, 0.2) is 24.3 Å². The Hall–Kier alpha value is -1.10. The normalized spacial score (nSPS) is 21.7. The molecule has 2 aliphatic rings. The van der Waals surface area contributed by atoms with Crippen LogP contribution in [0.4, 0.5) is 5.69 Å².